The number of rotatable bonds is 7. The van der Waals surface area contributed by atoms with E-state index in [0.29, 0.717) is 17.9 Å². The predicted octanol–water partition coefficient (Wildman–Crippen LogP) is 3.07. The lowest BCUT2D eigenvalue weighted by Gasteiger charge is -2.22. The Hall–Kier alpha value is -1.71. The lowest BCUT2D eigenvalue weighted by molar-refractivity contribution is 0.0527. The van der Waals surface area contributed by atoms with Crippen LogP contribution in [0.1, 0.15) is 43.5 Å². The second-order valence-corrected chi connectivity index (χ2v) is 4.59. The molecule has 4 heteroatoms. The summed E-state index contributed by atoms with van der Waals surface area (Å²) < 4.78 is 5.00. The molecule has 0 unspecified atom stereocenters. The lowest BCUT2D eigenvalue weighted by Crippen LogP contribution is -2.21. The maximum absolute atomic E-state index is 11.8. The molecule has 0 aliphatic carbocycles. The van der Waals surface area contributed by atoms with Gasteiger partial charge in [-0.15, -0.1) is 0 Å². The summed E-state index contributed by atoms with van der Waals surface area (Å²) in [5.74, 6) is -0.358. The fraction of sp³-hybridized carbons (Fsp3) is 0.533. The molecule has 0 radical (unpaired) electrons. The Morgan fingerprint density at radius 3 is 2.68 bits per heavy atom. The molecule has 0 heterocycles. The third-order valence-electron chi connectivity index (χ3n) is 3.09. The van der Waals surface area contributed by atoms with Gasteiger partial charge in [0.25, 0.3) is 0 Å². The van der Waals surface area contributed by atoms with Gasteiger partial charge < -0.3 is 15.4 Å². The molecule has 1 aromatic carbocycles. The van der Waals surface area contributed by atoms with Gasteiger partial charge in [0.2, 0.25) is 0 Å². The molecule has 0 saturated heterocycles. The Morgan fingerprint density at radius 2 is 2.05 bits per heavy atom. The highest BCUT2D eigenvalue weighted by Crippen LogP contribution is 2.26. The highest BCUT2D eigenvalue weighted by Gasteiger charge is 2.15. The first-order valence-corrected chi connectivity index (χ1v) is 6.88. The highest BCUT2D eigenvalue weighted by atomic mass is 16.5. The van der Waals surface area contributed by atoms with Crippen molar-refractivity contribution >= 4 is 17.3 Å². The smallest absolute Gasteiger partial charge is 0.340 e. The minimum Gasteiger partial charge on any atom is -0.462 e. The normalized spacial score (nSPS) is 10.3. The minimum absolute atomic E-state index is 0.356. The summed E-state index contributed by atoms with van der Waals surface area (Å²) in [6, 6.07) is 5.48. The van der Waals surface area contributed by atoms with E-state index in [1.165, 1.54) is 12.8 Å². The number of hydrogen-bond donors (Lipinski definition) is 1. The van der Waals surface area contributed by atoms with Gasteiger partial charge in [0.1, 0.15) is 0 Å². The number of carbonyl (C=O) groups excluding carboxylic acids is 1. The minimum atomic E-state index is -0.358. The van der Waals surface area contributed by atoms with Crippen LogP contribution in [0.25, 0.3) is 0 Å². The maximum Gasteiger partial charge on any atom is 0.340 e. The average Bonchev–Trinajstić information content (AvgIpc) is 2.39. The summed E-state index contributed by atoms with van der Waals surface area (Å²) in [5.41, 5.74) is 7.91. The van der Waals surface area contributed by atoms with Crippen LogP contribution in [0.3, 0.4) is 0 Å². The summed E-state index contributed by atoms with van der Waals surface area (Å²) in [6.45, 7) is 5.25. The summed E-state index contributed by atoms with van der Waals surface area (Å²) in [5, 5.41) is 0. The van der Waals surface area contributed by atoms with Gasteiger partial charge in [-0.25, -0.2) is 4.79 Å². The van der Waals surface area contributed by atoms with Crippen molar-refractivity contribution in [2.24, 2.45) is 0 Å². The molecular formula is C15H24N2O2. The number of carbonyl (C=O) groups is 1. The van der Waals surface area contributed by atoms with E-state index in [1.54, 1.807) is 13.0 Å². The second kappa shape index (κ2) is 7.67. The van der Waals surface area contributed by atoms with Gasteiger partial charge in [-0.3, -0.25) is 0 Å². The number of ether oxygens (including phenoxy) is 1. The van der Waals surface area contributed by atoms with Gasteiger partial charge in [0, 0.05) is 13.6 Å². The monoisotopic (exact) mass is 264 g/mol. The number of anilines is 2. The van der Waals surface area contributed by atoms with Crippen molar-refractivity contribution in [1.29, 1.82) is 0 Å². The molecule has 1 aromatic rings. The Bertz CT molecular complexity index is 419. The molecular weight excluding hydrogens is 240 g/mol. The number of para-hydroxylation sites is 1. The molecule has 0 amide bonds. The summed E-state index contributed by atoms with van der Waals surface area (Å²) in [6.07, 6.45) is 3.50. The van der Waals surface area contributed by atoms with Gasteiger partial charge in [-0.2, -0.15) is 0 Å². The first-order valence-electron chi connectivity index (χ1n) is 6.88. The van der Waals surface area contributed by atoms with Crippen molar-refractivity contribution in [3.8, 4) is 0 Å². The third kappa shape index (κ3) is 4.16. The Kier molecular flexibility index (Phi) is 6.19. The molecule has 2 N–H and O–H groups in total. The van der Waals surface area contributed by atoms with Crippen LogP contribution in [0.4, 0.5) is 11.4 Å². The topological polar surface area (TPSA) is 55.6 Å². The zero-order valence-electron chi connectivity index (χ0n) is 12.1. The number of benzene rings is 1. The average molecular weight is 264 g/mol. The van der Waals surface area contributed by atoms with Crippen molar-refractivity contribution in [2.45, 2.75) is 33.1 Å². The first-order chi connectivity index (χ1) is 9.11. The van der Waals surface area contributed by atoms with Gasteiger partial charge in [-0.1, -0.05) is 25.8 Å². The summed E-state index contributed by atoms with van der Waals surface area (Å²) >= 11 is 0. The molecule has 0 aliphatic rings. The summed E-state index contributed by atoms with van der Waals surface area (Å²) in [4.78, 5) is 13.9. The molecule has 0 fully saturated rings. The molecule has 4 nitrogen and oxygen atoms in total. The number of nitrogens with zero attached hydrogens (tertiary/aromatic N) is 1. The molecule has 0 bridgehead atoms. The van der Waals surface area contributed by atoms with Crippen LogP contribution in [-0.2, 0) is 4.74 Å². The fourth-order valence-electron chi connectivity index (χ4n) is 1.99. The number of nitrogen functional groups attached to an aromatic ring is 1. The van der Waals surface area contributed by atoms with Gasteiger partial charge in [-0.05, 0) is 25.5 Å². The fourth-order valence-corrected chi connectivity index (χ4v) is 1.99. The van der Waals surface area contributed by atoms with E-state index >= 15 is 0 Å². The van der Waals surface area contributed by atoms with Crippen molar-refractivity contribution < 1.29 is 9.53 Å². The van der Waals surface area contributed by atoms with Crippen LogP contribution in [0.2, 0.25) is 0 Å². The van der Waals surface area contributed by atoms with E-state index in [-0.39, 0.29) is 5.97 Å². The molecule has 19 heavy (non-hydrogen) atoms. The maximum atomic E-state index is 11.8. The van der Waals surface area contributed by atoms with Crippen LogP contribution >= 0.6 is 0 Å². The van der Waals surface area contributed by atoms with Crippen molar-refractivity contribution in [2.75, 3.05) is 30.8 Å². The molecule has 0 saturated carbocycles. The van der Waals surface area contributed by atoms with Crippen LogP contribution in [0.5, 0.6) is 0 Å². The SMILES string of the molecule is CCCCCN(C)c1cccc(C(=O)OCC)c1N. The first kappa shape index (κ1) is 15.3. The Labute approximate surface area is 115 Å². The number of esters is 1. The van der Waals surface area contributed by atoms with E-state index in [1.807, 2.05) is 19.2 Å². The van der Waals surface area contributed by atoms with E-state index in [4.69, 9.17) is 10.5 Å². The molecule has 0 aromatic heterocycles. The molecule has 1 rings (SSSR count). The van der Waals surface area contributed by atoms with E-state index in [2.05, 4.69) is 11.8 Å². The van der Waals surface area contributed by atoms with Crippen LogP contribution in [-0.4, -0.2) is 26.2 Å². The molecule has 0 spiro atoms. The van der Waals surface area contributed by atoms with Gasteiger partial charge in [0.15, 0.2) is 0 Å². The lowest BCUT2D eigenvalue weighted by atomic mass is 10.1. The van der Waals surface area contributed by atoms with Crippen molar-refractivity contribution in [3.63, 3.8) is 0 Å². The van der Waals surface area contributed by atoms with E-state index in [9.17, 15) is 4.79 Å². The quantitative estimate of drug-likeness (QED) is 0.467. The zero-order chi connectivity index (χ0) is 14.3. The molecule has 106 valence electrons. The number of hydrogen-bond acceptors (Lipinski definition) is 4. The molecule has 0 aliphatic heterocycles. The van der Waals surface area contributed by atoms with E-state index in [0.717, 1.165) is 18.7 Å². The van der Waals surface area contributed by atoms with Crippen LogP contribution in [0.15, 0.2) is 18.2 Å². The number of nitrogens with two attached hydrogens (primary N) is 1. The van der Waals surface area contributed by atoms with Gasteiger partial charge >= 0.3 is 5.97 Å². The van der Waals surface area contributed by atoms with Crippen LogP contribution < -0.4 is 10.6 Å². The van der Waals surface area contributed by atoms with Crippen molar-refractivity contribution in [3.05, 3.63) is 23.8 Å². The van der Waals surface area contributed by atoms with Gasteiger partial charge in [0.05, 0.1) is 23.5 Å². The Balaban J connectivity index is 2.84. The zero-order valence-corrected chi connectivity index (χ0v) is 12.1. The van der Waals surface area contributed by atoms with Crippen molar-refractivity contribution in [1.82, 2.24) is 0 Å². The number of unbranched alkanes of at least 4 members (excludes halogenated alkanes) is 2. The summed E-state index contributed by atoms with van der Waals surface area (Å²) in [7, 11) is 2.00. The second-order valence-electron chi connectivity index (χ2n) is 4.59. The standard InChI is InChI=1S/C15H24N2O2/c1-4-6-7-11-17(3)13-10-8-9-12(14(13)16)15(18)19-5-2/h8-10H,4-7,11,16H2,1-3H3. The highest BCUT2D eigenvalue weighted by molar-refractivity contribution is 5.98. The van der Waals surface area contributed by atoms with Crippen LogP contribution in [0, 0.1) is 0 Å². The predicted molar refractivity (Wildman–Crippen MR) is 79.6 cm³/mol. The van der Waals surface area contributed by atoms with E-state index < -0.39 is 0 Å². The Morgan fingerprint density at radius 1 is 1.32 bits per heavy atom. The third-order valence-corrected chi connectivity index (χ3v) is 3.09. The molecule has 0 atom stereocenters. The largest absolute Gasteiger partial charge is 0.462 e.